The zero-order valence-corrected chi connectivity index (χ0v) is 14.1. The monoisotopic (exact) mass is 352 g/mol. The number of aromatic nitrogens is 3. The molecule has 0 saturated heterocycles. The van der Waals surface area contributed by atoms with Crippen molar-refractivity contribution < 1.29 is 4.42 Å². The van der Waals surface area contributed by atoms with Gasteiger partial charge in [0.15, 0.2) is 4.67 Å². The minimum Gasteiger partial charge on any atom is -0.453 e. The van der Waals surface area contributed by atoms with Crippen LogP contribution in [0.1, 0.15) is 62.6 Å². The molecule has 0 saturated carbocycles. The fourth-order valence-corrected chi connectivity index (χ4v) is 3.24. The van der Waals surface area contributed by atoms with E-state index in [9.17, 15) is 0 Å². The molecular weight excluding hydrogens is 332 g/mol. The van der Waals surface area contributed by atoms with E-state index in [0.29, 0.717) is 0 Å². The average Bonchev–Trinajstić information content (AvgIpc) is 2.99. The first-order valence-corrected chi connectivity index (χ1v) is 8.37. The van der Waals surface area contributed by atoms with Crippen LogP contribution in [0.4, 0.5) is 0 Å². The Morgan fingerprint density at radius 1 is 1.19 bits per heavy atom. The SMILES string of the molecule is CC(NC(C)c1nnc2n1CCCCC2)c1ccc(Br)o1. The number of rotatable bonds is 4. The van der Waals surface area contributed by atoms with Crippen LogP contribution >= 0.6 is 15.9 Å². The molecule has 0 aromatic carbocycles. The molecule has 21 heavy (non-hydrogen) atoms. The zero-order chi connectivity index (χ0) is 14.8. The van der Waals surface area contributed by atoms with E-state index in [2.05, 4.69) is 49.9 Å². The third-order valence-electron chi connectivity index (χ3n) is 4.05. The zero-order valence-electron chi connectivity index (χ0n) is 12.5. The molecule has 2 aromatic rings. The van der Waals surface area contributed by atoms with E-state index in [4.69, 9.17) is 4.42 Å². The maximum Gasteiger partial charge on any atom is 0.169 e. The third kappa shape index (κ3) is 3.21. The number of nitrogens with zero attached hydrogens (tertiary/aromatic N) is 3. The van der Waals surface area contributed by atoms with Crippen molar-refractivity contribution in [3.8, 4) is 0 Å². The highest BCUT2D eigenvalue weighted by atomic mass is 79.9. The minimum absolute atomic E-state index is 0.130. The Bertz CT molecular complexity index is 607. The first kappa shape index (κ1) is 14.8. The highest BCUT2D eigenvalue weighted by molar-refractivity contribution is 9.10. The van der Waals surface area contributed by atoms with Gasteiger partial charge in [-0.05, 0) is 54.8 Å². The fourth-order valence-electron chi connectivity index (χ4n) is 2.92. The summed E-state index contributed by atoms with van der Waals surface area (Å²) in [5, 5.41) is 12.3. The lowest BCUT2D eigenvalue weighted by Gasteiger charge is -2.19. The highest BCUT2D eigenvalue weighted by Gasteiger charge is 2.21. The van der Waals surface area contributed by atoms with E-state index in [1.807, 2.05) is 12.1 Å². The molecule has 2 unspecified atom stereocenters. The largest absolute Gasteiger partial charge is 0.453 e. The smallest absolute Gasteiger partial charge is 0.169 e. The molecule has 1 aliphatic heterocycles. The maximum absolute atomic E-state index is 5.61. The summed E-state index contributed by atoms with van der Waals surface area (Å²) in [6, 6.07) is 4.17. The normalized spacial score (nSPS) is 18.0. The van der Waals surface area contributed by atoms with Crippen LogP contribution in [0.5, 0.6) is 0 Å². The van der Waals surface area contributed by atoms with Gasteiger partial charge < -0.3 is 8.98 Å². The van der Waals surface area contributed by atoms with Crippen LogP contribution in [-0.4, -0.2) is 14.8 Å². The molecule has 2 atom stereocenters. The first-order chi connectivity index (χ1) is 10.1. The summed E-state index contributed by atoms with van der Waals surface area (Å²) in [4.78, 5) is 0. The molecule has 0 fully saturated rings. The Balaban J connectivity index is 1.73. The Labute approximate surface area is 133 Å². The highest BCUT2D eigenvalue weighted by Crippen LogP contribution is 2.24. The van der Waals surface area contributed by atoms with Crippen molar-refractivity contribution in [1.82, 2.24) is 20.1 Å². The third-order valence-corrected chi connectivity index (χ3v) is 4.47. The molecule has 3 heterocycles. The molecule has 6 heteroatoms. The number of furan rings is 1. The van der Waals surface area contributed by atoms with Crippen LogP contribution in [0.3, 0.4) is 0 Å². The lowest BCUT2D eigenvalue weighted by Crippen LogP contribution is -2.25. The van der Waals surface area contributed by atoms with Gasteiger partial charge in [-0.2, -0.15) is 0 Å². The molecule has 0 aliphatic carbocycles. The van der Waals surface area contributed by atoms with Crippen molar-refractivity contribution >= 4 is 15.9 Å². The van der Waals surface area contributed by atoms with Crippen LogP contribution in [0.2, 0.25) is 0 Å². The predicted molar refractivity (Wildman–Crippen MR) is 84.0 cm³/mol. The fraction of sp³-hybridized carbons (Fsp3) is 0.600. The van der Waals surface area contributed by atoms with E-state index < -0.39 is 0 Å². The van der Waals surface area contributed by atoms with Crippen LogP contribution in [-0.2, 0) is 13.0 Å². The summed E-state index contributed by atoms with van der Waals surface area (Å²) >= 11 is 3.34. The van der Waals surface area contributed by atoms with Gasteiger partial charge in [0.2, 0.25) is 0 Å². The van der Waals surface area contributed by atoms with Crippen molar-refractivity contribution in [2.24, 2.45) is 0 Å². The Morgan fingerprint density at radius 2 is 2.05 bits per heavy atom. The van der Waals surface area contributed by atoms with Crippen molar-refractivity contribution in [3.05, 3.63) is 34.2 Å². The summed E-state index contributed by atoms with van der Waals surface area (Å²) in [5.41, 5.74) is 0. The topological polar surface area (TPSA) is 55.9 Å². The lowest BCUT2D eigenvalue weighted by atomic mass is 10.2. The lowest BCUT2D eigenvalue weighted by molar-refractivity contribution is 0.381. The summed E-state index contributed by atoms with van der Waals surface area (Å²) in [7, 11) is 0. The molecule has 0 radical (unpaired) electrons. The predicted octanol–water partition coefficient (Wildman–Crippen LogP) is 3.77. The van der Waals surface area contributed by atoms with Gasteiger partial charge in [0.25, 0.3) is 0 Å². The van der Waals surface area contributed by atoms with E-state index in [0.717, 1.165) is 35.0 Å². The molecule has 0 amide bonds. The van der Waals surface area contributed by atoms with Crippen molar-refractivity contribution in [1.29, 1.82) is 0 Å². The van der Waals surface area contributed by atoms with Gasteiger partial charge >= 0.3 is 0 Å². The average molecular weight is 353 g/mol. The number of halogens is 1. The summed E-state index contributed by atoms with van der Waals surface area (Å²) in [6.07, 6.45) is 4.75. The van der Waals surface area contributed by atoms with Gasteiger partial charge in [-0.25, -0.2) is 0 Å². The van der Waals surface area contributed by atoms with Crippen molar-refractivity contribution in [3.63, 3.8) is 0 Å². The Hall–Kier alpha value is -1.14. The van der Waals surface area contributed by atoms with Crippen LogP contribution < -0.4 is 5.32 Å². The second kappa shape index (κ2) is 6.32. The molecule has 1 aliphatic rings. The molecule has 1 N–H and O–H groups in total. The minimum atomic E-state index is 0.130. The molecule has 114 valence electrons. The molecule has 2 aromatic heterocycles. The molecule has 0 bridgehead atoms. The van der Waals surface area contributed by atoms with Gasteiger partial charge in [0.05, 0.1) is 12.1 Å². The van der Waals surface area contributed by atoms with Crippen LogP contribution in [0.15, 0.2) is 21.2 Å². The van der Waals surface area contributed by atoms with Crippen LogP contribution in [0.25, 0.3) is 0 Å². The van der Waals surface area contributed by atoms with Crippen molar-refractivity contribution in [2.45, 2.75) is 58.2 Å². The Kier molecular flexibility index (Phi) is 4.45. The number of fused-ring (bicyclic) bond motifs is 1. The second-order valence-electron chi connectivity index (χ2n) is 5.69. The first-order valence-electron chi connectivity index (χ1n) is 7.58. The second-order valence-corrected chi connectivity index (χ2v) is 6.47. The number of nitrogens with one attached hydrogen (secondary N) is 1. The van der Waals surface area contributed by atoms with Gasteiger partial charge in [-0.3, -0.25) is 5.32 Å². The van der Waals surface area contributed by atoms with E-state index in [-0.39, 0.29) is 12.1 Å². The summed E-state index contributed by atoms with van der Waals surface area (Å²) < 4.78 is 8.65. The van der Waals surface area contributed by atoms with Gasteiger partial charge in [-0.1, -0.05) is 6.42 Å². The number of aryl methyl sites for hydroxylation is 1. The summed E-state index contributed by atoms with van der Waals surface area (Å²) in [5.74, 6) is 3.08. The Morgan fingerprint density at radius 3 is 2.81 bits per heavy atom. The molecule has 5 nitrogen and oxygen atoms in total. The van der Waals surface area contributed by atoms with Gasteiger partial charge in [-0.15, -0.1) is 10.2 Å². The quantitative estimate of drug-likeness (QED) is 0.909. The number of hydrogen-bond acceptors (Lipinski definition) is 4. The van der Waals surface area contributed by atoms with Crippen LogP contribution in [0, 0.1) is 0 Å². The van der Waals surface area contributed by atoms with E-state index in [1.165, 1.54) is 19.3 Å². The van der Waals surface area contributed by atoms with E-state index in [1.54, 1.807) is 0 Å². The standard InChI is InChI=1S/C15H21BrN4O/c1-10(12-7-8-13(16)21-12)17-11(2)15-19-18-14-6-4-3-5-9-20(14)15/h7-8,10-11,17H,3-6,9H2,1-2H3. The van der Waals surface area contributed by atoms with Crippen molar-refractivity contribution in [2.75, 3.05) is 0 Å². The van der Waals surface area contributed by atoms with E-state index >= 15 is 0 Å². The number of hydrogen-bond donors (Lipinski definition) is 1. The molecule has 0 spiro atoms. The maximum atomic E-state index is 5.61. The van der Waals surface area contributed by atoms with Gasteiger partial charge in [0.1, 0.15) is 17.4 Å². The molecular formula is C15H21BrN4O. The molecule has 3 rings (SSSR count). The summed E-state index contributed by atoms with van der Waals surface area (Å²) in [6.45, 7) is 5.27. The van der Waals surface area contributed by atoms with Gasteiger partial charge in [0, 0.05) is 13.0 Å².